The summed E-state index contributed by atoms with van der Waals surface area (Å²) in [5.74, 6) is 0. The van der Waals surface area contributed by atoms with Crippen LogP contribution in [0.4, 0.5) is 0 Å². The lowest BCUT2D eigenvalue weighted by Gasteiger charge is -2.29. The molecule has 0 fully saturated rings. The molecule has 2 rings (SSSR count). The van der Waals surface area contributed by atoms with Crippen molar-refractivity contribution in [1.82, 2.24) is 14.5 Å². The van der Waals surface area contributed by atoms with Crippen LogP contribution in [0.15, 0.2) is 49.1 Å². The van der Waals surface area contributed by atoms with Crippen molar-refractivity contribution in [2.45, 2.75) is 32.5 Å². The van der Waals surface area contributed by atoms with Gasteiger partial charge in [0.1, 0.15) is 0 Å². The average molecular weight is 273 g/mol. The molecule has 1 N–H and O–H groups in total. The summed E-state index contributed by atoms with van der Waals surface area (Å²) in [7, 11) is 0. The van der Waals surface area contributed by atoms with Gasteiger partial charge in [-0.3, -0.25) is 4.90 Å². The van der Waals surface area contributed by atoms with E-state index in [1.165, 1.54) is 5.56 Å². The predicted octanol–water partition coefficient (Wildman–Crippen LogP) is 2.16. The summed E-state index contributed by atoms with van der Waals surface area (Å²) >= 11 is 0. The highest BCUT2D eigenvalue weighted by Gasteiger charge is 2.13. The molecule has 4 nitrogen and oxygen atoms in total. The maximum Gasteiger partial charge on any atom is 0.0946 e. The number of nitrogens with zero attached hydrogens (tertiary/aromatic N) is 3. The van der Waals surface area contributed by atoms with E-state index in [1.54, 1.807) is 6.20 Å². The van der Waals surface area contributed by atoms with Gasteiger partial charge in [-0.05, 0) is 18.9 Å². The summed E-state index contributed by atoms with van der Waals surface area (Å²) in [5, 5.41) is 9.16. The van der Waals surface area contributed by atoms with E-state index in [0.717, 1.165) is 26.1 Å². The third kappa shape index (κ3) is 4.47. The maximum atomic E-state index is 9.16. The summed E-state index contributed by atoms with van der Waals surface area (Å²) in [5.41, 5.74) is 1.31. The van der Waals surface area contributed by atoms with Gasteiger partial charge in [0.25, 0.3) is 0 Å². The Labute approximate surface area is 120 Å². The van der Waals surface area contributed by atoms with Crippen molar-refractivity contribution in [3.63, 3.8) is 0 Å². The third-order valence-electron chi connectivity index (χ3n) is 3.60. The van der Waals surface area contributed by atoms with E-state index in [0.29, 0.717) is 6.04 Å². The van der Waals surface area contributed by atoms with Gasteiger partial charge in [-0.1, -0.05) is 30.3 Å². The number of aliphatic hydroxyl groups is 1. The van der Waals surface area contributed by atoms with E-state index in [1.807, 2.05) is 18.6 Å². The second-order valence-electron chi connectivity index (χ2n) is 5.12. The Morgan fingerprint density at radius 1 is 1.30 bits per heavy atom. The van der Waals surface area contributed by atoms with E-state index in [9.17, 15) is 0 Å². The molecule has 1 heterocycles. The first-order valence-corrected chi connectivity index (χ1v) is 7.14. The molecule has 0 bridgehead atoms. The van der Waals surface area contributed by atoms with Crippen LogP contribution in [-0.2, 0) is 13.1 Å². The van der Waals surface area contributed by atoms with E-state index in [4.69, 9.17) is 5.11 Å². The summed E-state index contributed by atoms with van der Waals surface area (Å²) in [4.78, 5) is 6.48. The van der Waals surface area contributed by atoms with E-state index < -0.39 is 0 Å². The van der Waals surface area contributed by atoms with Gasteiger partial charge in [0, 0.05) is 44.7 Å². The minimum Gasteiger partial charge on any atom is -0.396 e. The summed E-state index contributed by atoms with van der Waals surface area (Å²) in [6.45, 7) is 5.19. The molecular weight excluding hydrogens is 250 g/mol. The molecule has 0 saturated carbocycles. The molecule has 1 unspecified atom stereocenters. The Kier molecular flexibility index (Phi) is 5.77. The minimum atomic E-state index is 0.234. The monoisotopic (exact) mass is 273 g/mol. The zero-order valence-corrected chi connectivity index (χ0v) is 12.0. The number of hydrogen-bond donors (Lipinski definition) is 1. The highest BCUT2D eigenvalue weighted by molar-refractivity contribution is 5.14. The Bertz CT molecular complexity index is 470. The molecule has 1 atom stereocenters. The van der Waals surface area contributed by atoms with Crippen LogP contribution in [0.1, 0.15) is 18.9 Å². The van der Waals surface area contributed by atoms with Gasteiger partial charge >= 0.3 is 0 Å². The van der Waals surface area contributed by atoms with Crippen molar-refractivity contribution in [3.05, 3.63) is 54.6 Å². The van der Waals surface area contributed by atoms with Crippen LogP contribution in [-0.4, -0.2) is 38.8 Å². The fourth-order valence-electron chi connectivity index (χ4n) is 2.31. The van der Waals surface area contributed by atoms with Crippen LogP contribution in [0.2, 0.25) is 0 Å². The Balaban J connectivity index is 1.96. The van der Waals surface area contributed by atoms with Gasteiger partial charge in [0.2, 0.25) is 0 Å². The van der Waals surface area contributed by atoms with Crippen molar-refractivity contribution in [2.75, 3.05) is 13.2 Å². The predicted molar refractivity (Wildman–Crippen MR) is 80.2 cm³/mol. The minimum absolute atomic E-state index is 0.234. The van der Waals surface area contributed by atoms with Crippen LogP contribution in [0.5, 0.6) is 0 Å². The standard InChI is InChI=1S/C16H23N3O/c1-15(7-12-20)19(11-10-18-9-8-17-14-18)13-16-5-3-2-4-6-16/h2-6,8-9,14-15,20H,7,10-13H2,1H3. The number of imidazole rings is 1. The number of benzene rings is 1. The molecule has 20 heavy (non-hydrogen) atoms. The molecule has 0 aliphatic carbocycles. The first-order valence-electron chi connectivity index (χ1n) is 7.14. The summed E-state index contributed by atoms with van der Waals surface area (Å²) < 4.78 is 2.09. The molecule has 108 valence electrons. The van der Waals surface area contributed by atoms with E-state index in [-0.39, 0.29) is 6.61 Å². The van der Waals surface area contributed by atoms with Gasteiger partial charge in [-0.25, -0.2) is 4.98 Å². The number of rotatable bonds is 8. The smallest absolute Gasteiger partial charge is 0.0946 e. The lowest BCUT2D eigenvalue weighted by Crippen LogP contribution is -2.35. The molecule has 4 heteroatoms. The molecule has 1 aromatic carbocycles. The van der Waals surface area contributed by atoms with Gasteiger partial charge in [0.05, 0.1) is 6.33 Å². The second-order valence-corrected chi connectivity index (χ2v) is 5.12. The van der Waals surface area contributed by atoms with Crippen LogP contribution >= 0.6 is 0 Å². The fourth-order valence-corrected chi connectivity index (χ4v) is 2.31. The van der Waals surface area contributed by atoms with Crippen molar-refractivity contribution < 1.29 is 5.11 Å². The third-order valence-corrected chi connectivity index (χ3v) is 3.60. The Morgan fingerprint density at radius 2 is 2.10 bits per heavy atom. The van der Waals surface area contributed by atoms with Crippen LogP contribution < -0.4 is 0 Å². The molecule has 0 saturated heterocycles. The lowest BCUT2D eigenvalue weighted by molar-refractivity contribution is 0.155. The van der Waals surface area contributed by atoms with Crippen LogP contribution in [0, 0.1) is 0 Å². The zero-order valence-electron chi connectivity index (χ0n) is 12.0. The molecular formula is C16H23N3O. The highest BCUT2D eigenvalue weighted by Crippen LogP contribution is 2.11. The van der Waals surface area contributed by atoms with Gasteiger partial charge in [-0.2, -0.15) is 0 Å². The van der Waals surface area contributed by atoms with Crippen molar-refractivity contribution in [2.24, 2.45) is 0 Å². The van der Waals surface area contributed by atoms with E-state index in [2.05, 4.69) is 45.6 Å². The van der Waals surface area contributed by atoms with E-state index >= 15 is 0 Å². The van der Waals surface area contributed by atoms with Gasteiger partial charge in [0.15, 0.2) is 0 Å². The number of aliphatic hydroxyl groups excluding tert-OH is 1. The quantitative estimate of drug-likeness (QED) is 0.801. The number of hydrogen-bond acceptors (Lipinski definition) is 3. The topological polar surface area (TPSA) is 41.3 Å². The molecule has 2 aromatic rings. The normalized spacial score (nSPS) is 12.8. The lowest BCUT2D eigenvalue weighted by atomic mass is 10.1. The molecule has 0 amide bonds. The Hall–Kier alpha value is -1.65. The Morgan fingerprint density at radius 3 is 2.75 bits per heavy atom. The molecule has 0 aliphatic heterocycles. The second kappa shape index (κ2) is 7.82. The average Bonchev–Trinajstić information content (AvgIpc) is 2.98. The number of aromatic nitrogens is 2. The van der Waals surface area contributed by atoms with Crippen molar-refractivity contribution >= 4 is 0 Å². The van der Waals surface area contributed by atoms with Crippen LogP contribution in [0.3, 0.4) is 0 Å². The highest BCUT2D eigenvalue weighted by atomic mass is 16.3. The van der Waals surface area contributed by atoms with Crippen LogP contribution in [0.25, 0.3) is 0 Å². The largest absolute Gasteiger partial charge is 0.396 e. The SMILES string of the molecule is CC(CCO)N(CCn1ccnc1)Cc1ccccc1. The van der Waals surface area contributed by atoms with Gasteiger partial charge in [-0.15, -0.1) is 0 Å². The molecule has 0 spiro atoms. The van der Waals surface area contributed by atoms with Crippen molar-refractivity contribution in [1.29, 1.82) is 0 Å². The zero-order chi connectivity index (χ0) is 14.2. The molecule has 0 aliphatic rings. The van der Waals surface area contributed by atoms with Crippen molar-refractivity contribution in [3.8, 4) is 0 Å². The maximum absolute atomic E-state index is 9.16. The molecule has 0 radical (unpaired) electrons. The summed E-state index contributed by atoms with van der Waals surface area (Å²) in [6, 6.07) is 10.8. The van der Waals surface area contributed by atoms with Gasteiger partial charge < -0.3 is 9.67 Å². The first-order chi connectivity index (χ1) is 9.79. The summed E-state index contributed by atoms with van der Waals surface area (Å²) in [6.07, 6.45) is 6.43. The first kappa shape index (κ1) is 14.8. The molecule has 1 aromatic heterocycles. The fraction of sp³-hybridized carbons (Fsp3) is 0.438.